The topological polar surface area (TPSA) is 73.1 Å². The van der Waals surface area contributed by atoms with E-state index in [-0.39, 0.29) is 0 Å². The zero-order valence-corrected chi connectivity index (χ0v) is 12.6. The van der Waals surface area contributed by atoms with Crippen molar-refractivity contribution in [3.63, 3.8) is 0 Å². The molecular weight excluding hydrogens is 264 g/mol. The molecule has 0 saturated heterocycles. The highest BCUT2D eigenvalue weighted by atomic mass is 16.5. The first-order valence-electron chi connectivity index (χ1n) is 8.24. The molecule has 21 heavy (non-hydrogen) atoms. The fourth-order valence-electron chi connectivity index (χ4n) is 3.19. The van der Waals surface area contributed by atoms with Gasteiger partial charge in [-0.1, -0.05) is 12.8 Å². The van der Waals surface area contributed by atoms with Crippen molar-refractivity contribution in [2.24, 2.45) is 5.73 Å². The van der Waals surface area contributed by atoms with E-state index >= 15 is 0 Å². The molecule has 5 heteroatoms. The van der Waals surface area contributed by atoms with Crippen LogP contribution in [0.25, 0.3) is 0 Å². The lowest BCUT2D eigenvalue weighted by Crippen LogP contribution is -2.35. The Morgan fingerprint density at radius 3 is 2.81 bits per heavy atom. The summed E-state index contributed by atoms with van der Waals surface area (Å²) in [6, 6.07) is 2.42. The van der Waals surface area contributed by atoms with Gasteiger partial charge < -0.3 is 15.8 Å². The van der Waals surface area contributed by atoms with Gasteiger partial charge in [0.2, 0.25) is 0 Å². The summed E-state index contributed by atoms with van der Waals surface area (Å²) in [4.78, 5) is 8.64. The largest absolute Gasteiger partial charge is 0.378 e. The third-order valence-electron chi connectivity index (χ3n) is 4.56. The number of anilines is 1. The van der Waals surface area contributed by atoms with Crippen molar-refractivity contribution >= 4 is 5.82 Å². The van der Waals surface area contributed by atoms with E-state index in [0.717, 1.165) is 43.9 Å². The molecule has 5 nitrogen and oxygen atoms in total. The third-order valence-corrected chi connectivity index (χ3v) is 4.56. The summed E-state index contributed by atoms with van der Waals surface area (Å²) in [5, 5.41) is 3.36. The van der Waals surface area contributed by atoms with Crippen LogP contribution in [0.1, 0.15) is 56.6 Å². The molecule has 1 aromatic rings. The van der Waals surface area contributed by atoms with Gasteiger partial charge in [0.15, 0.2) is 0 Å². The van der Waals surface area contributed by atoms with Gasteiger partial charge >= 0.3 is 0 Å². The van der Waals surface area contributed by atoms with Crippen LogP contribution in [0.5, 0.6) is 0 Å². The number of nitrogens with one attached hydrogen (secondary N) is 1. The molecule has 0 aliphatic heterocycles. The number of rotatable bonds is 7. The Bertz CT molecular complexity index is 442. The van der Waals surface area contributed by atoms with E-state index in [1.165, 1.54) is 25.7 Å². The number of nitrogens with zero attached hydrogens (tertiary/aromatic N) is 2. The van der Waals surface area contributed by atoms with Crippen LogP contribution in [0.2, 0.25) is 0 Å². The number of aromatic nitrogens is 2. The summed E-state index contributed by atoms with van der Waals surface area (Å²) in [5.74, 6) is 1.44. The molecule has 3 N–H and O–H groups in total. The predicted molar refractivity (Wildman–Crippen MR) is 83.3 cm³/mol. The second kappa shape index (κ2) is 7.18. The zero-order valence-electron chi connectivity index (χ0n) is 12.6. The average molecular weight is 290 g/mol. The van der Waals surface area contributed by atoms with E-state index in [4.69, 9.17) is 10.5 Å². The van der Waals surface area contributed by atoms with Crippen LogP contribution in [0.3, 0.4) is 0 Å². The van der Waals surface area contributed by atoms with Crippen LogP contribution in [0.4, 0.5) is 5.82 Å². The highest BCUT2D eigenvalue weighted by Crippen LogP contribution is 2.34. The first-order chi connectivity index (χ1) is 10.3. The summed E-state index contributed by atoms with van der Waals surface area (Å²) in [7, 11) is 0. The fourth-order valence-corrected chi connectivity index (χ4v) is 3.19. The fraction of sp³-hybridized carbons (Fsp3) is 0.750. The molecule has 2 fully saturated rings. The van der Waals surface area contributed by atoms with Crippen LogP contribution < -0.4 is 11.1 Å². The summed E-state index contributed by atoms with van der Waals surface area (Å²) in [5.41, 5.74) is 6.96. The predicted octanol–water partition coefficient (Wildman–Crippen LogP) is 2.44. The molecular formula is C16H26N4O. The Labute approximate surface area is 126 Å². The summed E-state index contributed by atoms with van der Waals surface area (Å²) in [6.07, 6.45) is 10.4. The highest BCUT2D eigenvalue weighted by molar-refractivity contribution is 5.36. The van der Waals surface area contributed by atoms with Gasteiger partial charge in [0.1, 0.15) is 12.1 Å². The SMILES string of the molecule is NC1CC(c2cc(NCCCOC3CCCC3)ncn2)C1. The smallest absolute Gasteiger partial charge is 0.129 e. The van der Waals surface area contributed by atoms with Gasteiger partial charge in [-0.3, -0.25) is 0 Å². The van der Waals surface area contributed by atoms with Crippen molar-refractivity contribution in [1.82, 2.24) is 9.97 Å². The van der Waals surface area contributed by atoms with Gasteiger partial charge in [0, 0.05) is 36.9 Å². The molecule has 0 radical (unpaired) electrons. The molecule has 2 aliphatic carbocycles. The van der Waals surface area contributed by atoms with Gasteiger partial charge in [0.05, 0.1) is 6.10 Å². The lowest BCUT2D eigenvalue weighted by Gasteiger charge is -2.31. The molecule has 0 unspecified atom stereocenters. The monoisotopic (exact) mass is 290 g/mol. The highest BCUT2D eigenvalue weighted by Gasteiger charge is 2.28. The minimum Gasteiger partial charge on any atom is -0.378 e. The Morgan fingerprint density at radius 1 is 1.24 bits per heavy atom. The molecule has 1 aromatic heterocycles. The van der Waals surface area contributed by atoms with Gasteiger partial charge in [-0.25, -0.2) is 9.97 Å². The molecule has 2 saturated carbocycles. The van der Waals surface area contributed by atoms with E-state index in [1.54, 1.807) is 6.33 Å². The number of hydrogen-bond acceptors (Lipinski definition) is 5. The number of hydrogen-bond donors (Lipinski definition) is 2. The van der Waals surface area contributed by atoms with Crippen molar-refractivity contribution in [2.75, 3.05) is 18.5 Å². The van der Waals surface area contributed by atoms with Gasteiger partial charge in [0.25, 0.3) is 0 Å². The summed E-state index contributed by atoms with van der Waals surface area (Å²) < 4.78 is 5.85. The molecule has 2 aliphatic rings. The maximum absolute atomic E-state index is 5.85. The minimum atomic E-state index is 0.356. The number of ether oxygens (including phenoxy) is 1. The Kier molecular flexibility index (Phi) is 5.04. The number of nitrogens with two attached hydrogens (primary N) is 1. The molecule has 1 heterocycles. The van der Waals surface area contributed by atoms with Crippen molar-refractivity contribution in [3.8, 4) is 0 Å². The van der Waals surface area contributed by atoms with E-state index < -0.39 is 0 Å². The van der Waals surface area contributed by atoms with Crippen molar-refractivity contribution in [2.45, 2.75) is 63.0 Å². The minimum absolute atomic E-state index is 0.356. The van der Waals surface area contributed by atoms with Crippen LogP contribution in [0, 0.1) is 0 Å². The summed E-state index contributed by atoms with van der Waals surface area (Å²) in [6.45, 7) is 1.74. The maximum atomic E-state index is 5.85. The Balaban J connectivity index is 1.35. The van der Waals surface area contributed by atoms with E-state index in [2.05, 4.69) is 21.4 Å². The van der Waals surface area contributed by atoms with Crippen LogP contribution in [-0.2, 0) is 4.74 Å². The maximum Gasteiger partial charge on any atom is 0.129 e. The van der Waals surface area contributed by atoms with Crippen molar-refractivity contribution in [3.05, 3.63) is 18.1 Å². The molecule has 116 valence electrons. The van der Waals surface area contributed by atoms with Crippen molar-refractivity contribution < 1.29 is 4.74 Å². The molecule has 0 bridgehead atoms. The van der Waals surface area contributed by atoms with Crippen molar-refractivity contribution in [1.29, 1.82) is 0 Å². The second-order valence-corrected chi connectivity index (χ2v) is 6.31. The molecule has 0 aromatic carbocycles. The third kappa shape index (κ3) is 4.14. The zero-order chi connectivity index (χ0) is 14.5. The van der Waals surface area contributed by atoms with E-state index in [9.17, 15) is 0 Å². The van der Waals surface area contributed by atoms with Crippen LogP contribution >= 0.6 is 0 Å². The molecule has 3 rings (SSSR count). The molecule has 0 spiro atoms. The first kappa shape index (κ1) is 14.7. The molecule has 0 atom stereocenters. The first-order valence-corrected chi connectivity index (χ1v) is 8.24. The van der Waals surface area contributed by atoms with E-state index in [0.29, 0.717) is 18.1 Å². The Hall–Kier alpha value is -1.20. The lowest BCUT2D eigenvalue weighted by molar-refractivity contribution is 0.0583. The lowest BCUT2D eigenvalue weighted by atomic mass is 9.79. The standard InChI is InChI=1S/C16H26N4O/c17-13-8-12(9-13)15-10-16(20-11-19-15)18-6-3-7-21-14-4-1-2-5-14/h10-14H,1-9,17H2,(H,18,19,20). The van der Waals surface area contributed by atoms with E-state index in [1.807, 2.05) is 0 Å². The van der Waals surface area contributed by atoms with Gasteiger partial charge in [-0.2, -0.15) is 0 Å². The van der Waals surface area contributed by atoms with Gasteiger partial charge in [-0.15, -0.1) is 0 Å². The van der Waals surface area contributed by atoms with Crippen LogP contribution in [0.15, 0.2) is 12.4 Å². The van der Waals surface area contributed by atoms with Crippen LogP contribution in [-0.4, -0.2) is 35.3 Å². The normalized spacial score (nSPS) is 25.8. The van der Waals surface area contributed by atoms with Gasteiger partial charge in [-0.05, 0) is 32.1 Å². The Morgan fingerprint density at radius 2 is 2.05 bits per heavy atom. The quantitative estimate of drug-likeness (QED) is 0.755. The molecule has 0 amide bonds. The summed E-state index contributed by atoms with van der Waals surface area (Å²) >= 11 is 0. The average Bonchev–Trinajstić information content (AvgIpc) is 2.97. The second-order valence-electron chi connectivity index (χ2n) is 6.31.